The third kappa shape index (κ3) is 5.67. The van der Waals surface area contributed by atoms with Crippen LogP contribution < -0.4 is 0 Å². The highest BCUT2D eigenvalue weighted by molar-refractivity contribution is 5.93. The van der Waals surface area contributed by atoms with Crippen molar-refractivity contribution in [2.24, 2.45) is 40.9 Å². The van der Waals surface area contributed by atoms with Crippen LogP contribution in [0.2, 0.25) is 0 Å². The van der Waals surface area contributed by atoms with E-state index in [0.717, 1.165) is 41.7 Å². The van der Waals surface area contributed by atoms with Crippen LogP contribution in [0.15, 0.2) is 42.5 Å². The molecule has 2 nitrogen and oxygen atoms in total. The summed E-state index contributed by atoms with van der Waals surface area (Å²) >= 11 is 0. The van der Waals surface area contributed by atoms with E-state index >= 15 is 0 Å². The predicted octanol–water partition coefficient (Wildman–Crippen LogP) is 8.56. The zero-order valence-corrected chi connectivity index (χ0v) is 22.7. The number of fused-ring (bicyclic) bond motifs is 3. The quantitative estimate of drug-likeness (QED) is 0.385. The van der Waals surface area contributed by atoms with Crippen molar-refractivity contribution in [2.75, 3.05) is 0 Å². The fourth-order valence-corrected chi connectivity index (χ4v) is 8.46. The fraction of sp³-hybridized carbons (Fsp3) is 0.697. The fourth-order valence-electron chi connectivity index (χ4n) is 8.46. The lowest BCUT2D eigenvalue weighted by Gasteiger charge is -2.51. The number of ketones is 2. The van der Waals surface area contributed by atoms with Gasteiger partial charge in [0.15, 0.2) is 0 Å². The number of allylic oxidation sites excluding steroid dienone is 1. The average Bonchev–Trinajstić information content (AvgIpc) is 3.18. The minimum atomic E-state index is -0.312. The Morgan fingerprint density at radius 3 is 2.46 bits per heavy atom. The molecule has 0 amide bonds. The van der Waals surface area contributed by atoms with Crippen molar-refractivity contribution in [3.05, 3.63) is 48.0 Å². The topological polar surface area (TPSA) is 34.1 Å². The highest BCUT2D eigenvalue weighted by atomic mass is 16.1. The van der Waals surface area contributed by atoms with Crippen LogP contribution in [0.5, 0.6) is 0 Å². The second kappa shape index (κ2) is 11.1. The van der Waals surface area contributed by atoms with Crippen molar-refractivity contribution >= 4 is 11.6 Å². The Kier molecular flexibility index (Phi) is 8.39. The van der Waals surface area contributed by atoms with Crippen LogP contribution in [0.25, 0.3) is 0 Å². The molecule has 7 atom stereocenters. The maximum Gasteiger partial charge on any atom is 0.144 e. The summed E-state index contributed by atoms with van der Waals surface area (Å²) < 4.78 is 0. The molecule has 0 bridgehead atoms. The van der Waals surface area contributed by atoms with Gasteiger partial charge in [-0.1, -0.05) is 89.4 Å². The van der Waals surface area contributed by atoms with Gasteiger partial charge >= 0.3 is 0 Å². The maximum absolute atomic E-state index is 13.4. The van der Waals surface area contributed by atoms with E-state index in [4.69, 9.17) is 0 Å². The van der Waals surface area contributed by atoms with Gasteiger partial charge in [0.25, 0.3) is 0 Å². The number of rotatable bonds is 6. The Balaban J connectivity index is 1.50. The van der Waals surface area contributed by atoms with Crippen molar-refractivity contribution < 1.29 is 9.59 Å². The van der Waals surface area contributed by atoms with Crippen molar-refractivity contribution in [1.29, 1.82) is 0 Å². The SMILES string of the molecule is C=C1CC(=O)[C@H](c2ccccc2)CC(=O)CC[C@@H]2[C@@H]1CC[C@]1(C)[C@@H]([C@H](C)CCCC(C)C)CC[C@@H]21. The molecule has 0 saturated heterocycles. The molecule has 3 saturated carbocycles. The number of Topliss-reactive ketones (excluding diaryl/α,β-unsaturated/α-hetero) is 2. The number of hydrogen-bond donors (Lipinski definition) is 0. The van der Waals surface area contributed by atoms with Crippen LogP contribution in [0.1, 0.15) is 110 Å². The van der Waals surface area contributed by atoms with Gasteiger partial charge in [0.2, 0.25) is 0 Å². The minimum absolute atomic E-state index is 0.187. The summed E-state index contributed by atoms with van der Waals surface area (Å²) in [6.45, 7) is 14.3. The Labute approximate surface area is 214 Å². The summed E-state index contributed by atoms with van der Waals surface area (Å²) in [5.74, 6) is 4.08. The summed E-state index contributed by atoms with van der Waals surface area (Å²) in [4.78, 5) is 26.6. The van der Waals surface area contributed by atoms with Crippen LogP contribution in [-0.2, 0) is 9.59 Å². The van der Waals surface area contributed by atoms with Crippen LogP contribution in [0.4, 0.5) is 0 Å². The van der Waals surface area contributed by atoms with Gasteiger partial charge in [0, 0.05) is 25.2 Å². The van der Waals surface area contributed by atoms with Crippen LogP contribution in [0.3, 0.4) is 0 Å². The second-order valence-corrected chi connectivity index (χ2v) is 13.0. The van der Waals surface area contributed by atoms with Gasteiger partial charge in [-0.3, -0.25) is 9.59 Å². The van der Waals surface area contributed by atoms with E-state index in [2.05, 4.69) is 34.3 Å². The molecule has 0 aliphatic heterocycles. The number of carbonyl (C=O) groups is 2. The third-order valence-electron chi connectivity index (χ3n) is 10.3. The number of carbonyl (C=O) groups excluding carboxylic acids is 2. The Morgan fingerprint density at radius 1 is 1.00 bits per heavy atom. The normalized spacial score (nSPS) is 35.0. The summed E-state index contributed by atoms with van der Waals surface area (Å²) in [6.07, 6.45) is 11.4. The van der Waals surface area contributed by atoms with E-state index in [1.54, 1.807) is 0 Å². The van der Waals surface area contributed by atoms with E-state index in [1.165, 1.54) is 38.5 Å². The summed E-state index contributed by atoms with van der Waals surface area (Å²) in [5.41, 5.74) is 2.51. The smallest absolute Gasteiger partial charge is 0.144 e. The molecule has 3 aliphatic rings. The molecule has 1 aromatic rings. The van der Waals surface area contributed by atoms with E-state index in [-0.39, 0.29) is 17.5 Å². The van der Waals surface area contributed by atoms with Gasteiger partial charge < -0.3 is 0 Å². The van der Waals surface area contributed by atoms with E-state index < -0.39 is 0 Å². The first-order chi connectivity index (χ1) is 16.7. The zero-order valence-electron chi connectivity index (χ0n) is 22.7. The molecule has 0 heterocycles. The van der Waals surface area contributed by atoms with Crippen molar-refractivity contribution in [2.45, 2.75) is 104 Å². The summed E-state index contributed by atoms with van der Waals surface area (Å²) in [5, 5.41) is 0. The van der Waals surface area contributed by atoms with Crippen LogP contribution >= 0.6 is 0 Å². The summed E-state index contributed by atoms with van der Waals surface area (Å²) in [6, 6.07) is 9.91. The Morgan fingerprint density at radius 2 is 1.74 bits per heavy atom. The van der Waals surface area contributed by atoms with Gasteiger partial charge in [-0.2, -0.15) is 0 Å². The molecular weight excluding hydrogens is 428 g/mol. The van der Waals surface area contributed by atoms with Crippen LogP contribution in [0, 0.1) is 40.9 Å². The van der Waals surface area contributed by atoms with Crippen molar-refractivity contribution in [1.82, 2.24) is 0 Å². The van der Waals surface area contributed by atoms with Crippen molar-refractivity contribution in [3.63, 3.8) is 0 Å². The van der Waals surface area contributed by atoms with Gasteiger partial charge in [0.05, 0.1) is 0 Å². The Hall–Kier alpha value is -1.70. The molecule has 192 valence electrons. The minimum Gasteiger partial charge on any atom is -0.300 e. The maximum atomic E-state index is 13.4. The molecular formula is C33H48O2. The first-order valence-electron chi connectivity index (χ1n) is 14.5. The third-order valence-corrected chi connectivity index (χ3v) is 10.3. The highest BCUT2D eigenvalue weighted by Gasteiger charge is 2.55. The van der Waals surface area contributed by atoms with E-state index in [1.807, 2.05) is 30.3 Å². The van der Waals surface area contributed by atoms with Crippen molar-refractivity contribution in [3.8, 4) is 0 Å². The Bertz CT molecular complexity index is 899. The lowest BCUT2D eigenvalue weighted by molar-refractivity contribution is -0.126. The van der Waals surface area contributed by atoms with E-state index in [0.29, 0.717) is 42.4 Å². The standard InChI is InChI=1S/C33H48O2/c1-22(2)10-9-11-23(3)30-16-17-31-28-15-14-26(34)21-29(25-12-7-6-8-13-25)32(35)20-24(4)27(28)18-19-33(30,31)5/h6-8,12-13,22-23,27-31H,4,9-11,14-21H2,1-3,5H3/t23-,27-,28-,29+,30-,31+,33-/m1/s1. The van der Waals surface area contributed by atoms with Gasteiger partial charge in [-0.05, 0) is 78.6 Å². The average molecular weight is 477 g/mol. The lowest BCUT2D eigenvalue weighted by Crippen LogP contribution is -2.44. The molecule has 1 aromatic carbocycles. The van der Waals surface area contributed by atoms with Crippen LogP contribution in [-0.4, -0.2) is 11.6 Å². The van der Waals surface area contributed by atoms with Gasteiger partial charge in [-0.25, -0.2) is 0 Å². The lowest BCUT2D eigenvalue weighted by atomic mass is 9.54. The summed E-state index contributed by atoms with van der Waals surface area (Å²) in [7, 11) is 0. The molecule has 0 aromatic heterocycles. The molecule has 35 heavy (non-hydrogen) atoms. The van der Waals surface area contributed by atoms with Gasteiger partial charge in [0.1, 0.15) is 11.6 Å². The van der Waals surface area contributed by atoms with Gasteiger partial charge in [-0.15, -0.1) is 0 Å². The number of benzene rings is 1. The molecule has 0 unspecified atom stereocenters. The van der Waals surface area contributed by atoms with E-state index in [9.17, 15) is 9.59 Å². The molecule has 0 spiro atoms. The molecule has 4 rings (SSSR count). The zero-order chi connectivity index (χ0) is 25.2. The first kappa shape index (κ1) is 26.4. The predicted molar refractivity (Wildman–Crippen MR) is 145 cm³/mol. The highest BCUT2D eigenvalue weighted by Crippen LogP contribution is 2.63. The largest absolute Gasteiger partial charge is 0.300 e. The first-order valence-corrected chi connectivity index (χ1v) is 14.5. The molecule has 3 aliphatic carbocycles. The number of hydrogen-bond acceptors (Lipinski definition) is 2. The molecule has 0 radical (unpaired) electrons. The monoisotopic (exact) mass is 476 g/mol. The molecule has 2 heteroatoms. The molecule has 3 fully saturated rings. The second-order valence-electron chi connectivity index (χ2n) is 13.0. The molecule has 0 N–H and O–H groups in total.